The average molecular weight is 485 g/mol. The highest BCUT2D eigenvalue weighted by atomic mass is 32.2. The van der Waals surface area contributed by atoms with Gasteiger partial charge in [-0.3, -0.25) is 19.4 Å². The number of benzene rings is 2. The number of amides is 4. The highest BCUT2D eigenvalue weighted by Gasteiger charge is 2.44. The molecule has 10 heteroatoms. The topological polar surface area (TPSA) is 107 Å². The predicted molar refractivity (Wildman–Crippen MR) is 128 cm³/mol. The number of nitrogens with zero attached hydrogens (tertiary/aromatic N) is 3. The van der Waals surface area contributed by atoms with E-state index in [1.165, 1.54) is 33.5 Å². The highest BCUT2D eigenvalue weighted by Crippen LogP contribution is 2.26. The van der Waals surface area contributed by atoms with Gasteiger partial charge in [0.15, 0.2) is 0 Å². The van der Waals surface area contributed by atoms with E-state index in [1.54, 1.807) is 19.1 Å². The number of nitrogens with one attached hydrogen (secondary N) is 1. The summed E-state index contributed by atoms with van der Waals surface area (Å²) in [5.74, 6) is -1.00. The fourth-order valence-electron chi connectivity index (χ4n) is 4.22. The molecule has 4 rings (SSSR count). The van der Waals surface area contributed by atoms with E-state index in [-0.39, 0.29) is 4.90 Å². The Hall–Kier alpha value is -3.24. The van der Waals surface area contributed by atoms with Gasteiger partial charge in [-0.1, -0.05) is 24.1 Å². The summed E-state index contributed by atoms with van der Waals surface area (Å²) in [6.45, 7) is 4.14. The van der Waals surface area contributed by atoms with E-state index in [0.29, 0.717) is 24.5 Å². The second-order valence-corrected chi connectivity index (χ2v) is 10.6. The van der Waals surface area contributed by atoms with Gasteiger partial charge in [-0.2, -0.15) is 4.31 Å². The number of rotatable bonds is 6. The molecule has 2 aliphatic heterocycles. The molecule has 0 saturated carbocycles. The van der Waals surface area contributed by atoms with Crippen LogP contribution in [0.3, 0.4) is 0 Å². The molecule has 0 bridgehead atoms. The van der Waals surface area contributed by atoms with E-state index in [4.69, 9.17) is 0 Å². The molecule has 180 valence electrons. The van der Waals surface area contributed by atoms with Crippen molar-refractivity contribution in [2.75, 3.05) is 29.9 Å². The number of anilines is 2. The first kappa shape index (κ1) is 23.9. The van der Waals surface area contributed by atoms with E-state index in [1.807, 2.05) is 19.1 Å². The molecule has 2 aliphatic rings. The third-order valence-electron chi connectivity index (χ3n) is 6.15. The van der Waals surface area contributed by atoms with Crippen molar-refractivity contribution in [2.45, 2.75) is 44.0 Å². The maximum Gasteiger partial charge on any atom is 0.332 e. The van der Waals surface area contributed by atoms with Gasteiger partial charge in [-0.15, -0.1) is 0 Å². The van der Waals surface area contributed by atoms with Gasteiger partial charge < -0.3 is 5.32 Å². The second kappa shape index (κ2) is 9.55. The van der Waals surface area contributed by atoms with Gasteiger partial charge >= 0.3 is 6.03 Å². The Morgan fingerprint density at radius 1 is 0.971 bits per heavy atom. The number of sulfonamides is 1. The molecule has 0 spiro atoms. The zero-order valence-corrected chi connectivity index (χ0v) is 20.0. The van der Waals surface area contributed by atoms with Crippen molar-refractivity contribution >= 4 is 39.2 Å². The van der Waals surface area contributed by atoms with Crippen LogP contribution in [0.5, 0.6) is 0 Å². The largest absolute Gasteiger partial charge is 0.332 e. The van der Waals surface area contributed by atoms with E-state index in [2.05, 4.69) is 5.32 Å². The van der Waals surface area contributed by atoms with Crippen molar-refractivity contribution in [3.05, 3.63) is 54.1 Å². The van der Waals surface area contributed by atoms with Gasteiger partial charge in [-0.05, 0) is 63.1 Å². The molecule has 2 aromatic carbocycles. The number of imide groups is 1. The summed E-state index contributed by atoms with van der Waals surface area (Å²) < 4.78 is 27.0. The number of hydrogen-bond donors (Lipinski definition) is 1. The lowest BCUT2D eigenvalue weighted by molar-refractivity contribution is -0.130. The van der Waals surface area contributed by atoms with E-state index >= 15 is 0 Å². The summed E-state index contributed by atoms with van der Waals surface area (Å²) in [5, 5.41) is 2.63. The Labute approximate surface area is 199 Å². The molecule has 0 aliphatic carbocycles. The predicted octanol–water partition coefficient (Wildman–Crippen LogP) is 2.97. The summed E-state index contributed by atoms with van der Waals surface area (Å²) in [6, 6.07) is 11.9. The molecule has 2 saturated heterocycles. The molecular weight excluding hydrogens is 456 g/mol. The molecule has 2 heterocycles. The number of urea groups is 1. The summed E-state index contributed by atoms with van der Waals surface area (Å²) in [7, 11) is -3.56. The van der Waals surface area contributed by atoms with Gasteiger partial charge in [0.25, 0.3) is 5.91 Å². The van der Waals surface area contributed by atoms with Crippen LogP contribution in [0.1, 0.15) is 31.7 Å². The molecule has 34 heavy (non-hydrogen) atoms. The van der Waals surface area contributed by atoms with Crippen LogP contribution in [0.25, 0.3) is 0 Å². The summed E-state index contributed by atoms with van der Waals surface area (Å²) in [5.41, 5.74) is 2.00. The van der Waals surface area contributed by atoms with Crippen LogP contribution in [0, 0.1) is 6.92 Å². The highest BCUT2D eigenvalue weighted by molar-refractivity contribution is 7.89. The minimum absolute atomic E-state index is 0.167. The third kappa shape index (κ3) is 4.69. The zero-order valence-electron chi connectivity index (χ0n) is 19.2. The Morgan fingerprint density at radius 3 is 2.21 bits per heavy atom. The monoisotopic (exact) mass is 484 g/mol. The van der Waals surface area contributed by atoms with Crippen LogP contribution in [-0.2, 0) is 19.6 Å². The Kier molecular flexibility index (Phi) is 6.72. The van der Waals surface area contributed by atoms with Gasteiger partial charge in [0.2, 0.25) is 15.9 Å². The summed E-state index contributed by atoms with van der Waals surface area (Å²) >= 11 is 0. The van der Waals surface area contributed by atoms with Crippen molar-refractivity contribution in [1.29, 1.82) is 0 Å². The van der Waals surface area contributed by atoms with Crippen molar-refractivity contribution in [3.8, 4) is 0 Å². The quantitative estimate of drug-likeness (QED) is 0.635. The molecule has 2 aromatic rings. The molecule has 0 unspecified atom stereocenters. The van der Waals surface area contributed by atoms with Crippen LogP contribution >= 0.6 is 0 Å². The fourth-order valence-corrected chi connectivity index (χ4v) is 5.74. The first-order valence-corrected chi connectivity index (χ1v) is 12.7. The van der Waals surface area contributed by atoms with E-state index < -0.39 is 40.5 Å². The minimum atomic E-state index is -3.56. The van der Waals surface area contributed by atoms with Crippen LogP contribution in [0.2, 0.25) is 0 Å². The smallest absolute Gasteiger partial charge is 0.325 e. The van der Waals surface area contributed by atoms with Crippen LogP contribution in [-0.4, -0.2) is 61.1 Å². The number of hydrogen-bond acceptors (Lipinski definition) is 5. The SMILES string of the molecule is Cc1ccc(N2C(=O)N(CC(=O)Nc3ccc(S(=O)(=O)N4CCCCC4)cc3)C(=O)[C@@H]2C)cc1. The Balaban J connectivity index is 1.41. The number of carbonyl (C=O) groups excluding carboxylic acids is 3. The molecule has 2 fully saturated rings. The van der Waals surface area contributed by atoms with Gasteiger partial charge in [-0.25, -0.2) is 13.2 Å². The lowest BCUT2D eigenvalue weighted by Crippen LogP contribution is -2.39. The first-order valence-electron chi connectivity index (χ1n) is 11.3. The molecular formula is C24H28N4O5S. The van der Waals surface area contributed by atoms with E-state index in [0.717, 1.165) is 29.7 Å². The summed E-state index contributed by atoms with van der Waals surface area (Å²) in [4.78, 5) is 40.6. The van der Waals surface area contributed by atoms with Crippen molar-refractivity contribution in [1.82, 2.24) is 9.21 Å². The standard InChI is InChI=1S/C24H28N4O5S/c1-17-6-10-20(11-7-17)28-18(2)23(30)27(24(28)31)16-22(29)25-19-8-12-21(13-9-19)34(32,33)26-14-4-3-5-15-26/h6-13,18H,3-5,14-16H2,1-2H3,(H,25,29)/t18-/m0/s1. The average Bonchev–Trinajstić information content (AvgIpc) is 3.04. The third-order valence-corrected chi connectivity index (χ3v) is 8.07. The lowest BCUT2D eigenvalue weighted by atomic mass is 10.2. The Bertz CT molecular complexity index is 1190. The second-order valence-electron chi connectivity index (χ2n) is 8.63. The normalized spacial score (nSPS) is 19.5. The molecule has 4 amide bonds. The van der Waals surface area contributed by atoms with Crippen LogP contribution < -0.4 is 10.2 Å². The fraction of sp³-hybridized carbons (Fsp3) is 0.375. The van der Waals surface area contributed by atoms with Crippen LogP contribution in [0.4, 0.5) is 16.2 Å². The lowest BCUT2D eigenvalue weighted by Gasteiger charge is -2.25. The van der Waals surface area contributed by atoms with Gasteiger partial charge in [0.1, 0.15) is 12.6 Å². The maximum absolute atomic E-state index is 12.9. The minimum Gasteiger partial charge on any atom is -0.325 e. The number of aryl methyl sites for hydroxylation is 1. The zero-order chi connectivity index (χ0) is 24.5. The molecule has 0 aromatic heterocycles. The Morgan fingerprint density at radius 2 is 1.59 bits per heavy atom. The number of carbonyl (C=O) groups is 3. The molecule has 0 radical (unpaired) electrons. The van der Waals surface area contributed by atoms with Crippen molar-refractivity contribution < 1.29 is 22.8 Å². The van der Waals surface area contributed by atoms with Gasteiger partial charge in [0, 0.05) is 24.5 Å². The van der Waals surface area contributed by atoms with Crippen LogP contribution in [0.15, 0.2) is 53.4 Å². The van der Waals surface area contributed by atoms with Crippen molar-refractivity contribution in [3.63, 3.8) is 0 Å². The first-order chi connectivity index (χ1) is 16.2. The molecule has 9 nitrogen and oxygen atoms in total. The summed E-state index contributed by atoms with van der Waals surface area (Å²) in [6.07, 6.45) is 2.73. The van der Waals surface area contributed by atoms with E-state index in [9.17, 15) is 22.8 Å². The number of piperidine rings is 1. The molecule has 1 N–H and O–H groups in total. The maximum atomic E-state index is 12.9. The van der Waals surface area contributed by atoms with Crippen molar-refractivity contribution in [2.24, 2.45) is 0 Å². The van der Waals surface area contributed by atoms with Gasteiger partial charge in [0.05, 0.1) is 4.90 Å². The molecule has 1 atom stereocenters.